The molecule has 1 unspecified atom stereocenters. The summed E-state index contributed by atoms with van der Waals surface area (Å²) in [5.74, 6) is 0. The maximum absolute atomic E-state index is 9.33. The monoisotopic (exact) mass is 207 g/mol. The van der Waals surface area contributed by atoms with Crippen LogP contribution in [0.25, 0.3) is 0 Å². The van der Waals surface area contributed by atoms with Crippen molar-refractivity contribution in [1.29, 1.82) is 0 Å². The lowest BCUT2D eigenvalue weighted by atomic mass is 10.3. The zero-order chi connectivity index (χ0) is 11.0. The summed E-state index contributed by atoms with van der Waals surface area (Å²) in [7, 11) is 3.91. The number of aliphatic hydroxyl groups is 3. The van der Waals surface area contributed by atoms with Crippen LogP contribution >= 0.6 is 0 Å². The van der Waals surface area contributed by atoms with Gasteiger partial charge in [0, 0.05) is 0 Å². The van der Waals surface area contributed by atoms with Gasteiger partial charge in [0.1, 0.15) is 6.10 Å². The van der Waals surface area contributed by atoms with Crippen LogP contribution in [0, 0.1) is 0 Å². The van der Waals surface area contributed by atoms with Gasteiger partial charge in [0.25, 0.3) is 0 Å². The molecule has 1 atom stereocenters. The molecule has 0 aromatic carbocycles. The first kappa shape index (κ1) is 13.8. The Kier molecular flexibility index (Phi) is 8.02. The van der Waals surface area contributed by atoms with Crippen LogP contribution in [0.3, 0.4) is 0 Å². The second-order valence-electron chi connectivity index (χ2n) is 3.52. The molecular weight excluding hydrogens is 186 g/mol. The van der Waals surface area contributed by atoms with Gasteiger partial charge in [-0.3, -0.25) is 0 Å². The van der Waals surface area contributed by atoms with Crippen LogP contribution in [0.4, 0.5) is 0 Å². The van der Waals surface area contributed by atoms with Crippen molar-refractivity contribution in [3.8, 4) is 0 Å². The van der Waals surface area contributed by atoms with Crippen molar-refractivity contribution in [3.05, 3.63) is 0 Å². The van der Waals surface area contributed by atoms with E-state index in [1.165, 1.54) is 0 Å². The fourth-order valence-electron chi connectivity index (χ4n) is 1.02. The third kappa shape index (κ3) is 7.23. The van der Waals surface area contributed by atoms with E-state index in [0.717, 1.165) is 13.0 Å². The Balaban J connectivity index is 3.48. The van der Waals surface area contributed by atoms with Crippen molar-refractivity contribution in [2.24, 2.45) is 0 Å². The fraction of sp³-hybridized carbons (Fsp3) is 1.00. The molecule has 5 heteroatoms. The molecule has 0 aromatic rings. The van der Waals surface area contributed by atoms with Crippen LogP contribution in [0.1, 0.15) is 12.8 Å². The molecule has 3 N–H and O–H groups in total. The molecule has 0 bridgehead atoms. The van der Waals surface area contributed by atoms with E-state index in [2.05, 4.69) is 0 Å². The molecule has 0 radical (unpaired) electrons. The fourth-order valence-corrected chi connectivity index (χ4v) is 1.02. The van der Waals surface area contributed by atoms with Crippen molar-refractivity contribution in [2.75, 3.05) is 33.9 Å². The molecule has 0 saturated heterocycles. The maximum Gasteiger partial charge on any atom is 0.155 e. The summed E-state index contributed by atoms with van der Waals surface area (Å²) < 4.78 is 4.97. The Morgan fingerprint density at radius 1 is 1.21 bits per heavy atom. The number of nitrogens with zero attached hydrogens (tertiary/aromatic N) is 1. The minimum atomic E-state index is -0.903. The van der Waals surface area contributed by atoms with Gasteiger partial charge in [-0.2, -0.15) is 0 Å². The summed E-state index contributed by atoms with van der Waals surface area (Å²) in [5.41, 5.74) is 0. The van der Waals surface area contributed by atoms with Gasteiger partial charge in [0.15, 0.2) is 6.29 Å². The largest absolute Gasteiger partial charge is 0.394 e. The van der Waals surface area contributed by atoms with E-state index in [4.69, 9.17) is 14.9 Å². The summed E-state index contributed by atoms with van der Waals surface area (Å²) in [5, 5.41) is 26.7. The van der Waals surface area contributed by atoms with Gasteiger partial charge in [-0.15, -0.1) is 0 Å². The van der Waals surface area contributed by atoms with E-state index in [9.17, 15) is 5.11 Å². The van der Waals surface area contributed by atoms with E-state index in [1.807, 2.05) is 19.0 Å². The van der Waals surface area contributed by atoms with E-state index in [0.29, 0.717) is 6.42 Å². The molecule has 0 fully saturated rings. The first-order chi connectivity index (χ1) is 6.60. The highest BCUT2D eigenvalue weighted by Crippen LogP contribution is 2.03. The van der Waals surface area contributed by atoms with Crippen molar-refractivity contribution in [3.63, 3.8) is 0 Å². The lowest BCUT2D eigenvalue weighted by Gasteiger charge is -2.18. The summed E-state index contributed by atoms with van der Waals surface area (Å²) in [6.45, 7) is 0.325. The molecule has 0 rings (SSSR count). The second-order valence-corrected chi connectivity index (χ2v) is 3.52. The number of ether oxygens (including phenoxy) is 1. The molecule has 0 saturated carbocycles. The SMILES string of the molecule is CN(C)CCCC(O)OC(CO)CO. The van der Waals surface area contributed by atoms with Crippen LogP contribution in [0.5, 0.6) is 0 Å². The molecule has 0 aliphatic rings. The van der Waals surface area contributed by atoms with Gasteiger partial charge in [-0.1, -0.05) is 0 Å². The molecule has 86 valence electrons. The first-order valence-electron chi connectivity index (χ1n) is 4.80. The lowest BCUT2D eigenvalue weighted by molar-refractivity contribution is -0.160. The molecule has 0 amide bonds. The lowest BCUT2D eigenvalue weighted by Crippen LogP contribution is -2.28. The Morgan fingerprint density at radius 2 is 1.79 bits per heavy atom. The zero-order valence-electron chi connectivity index (χ0n) is 8.89. The highest BCUT2D eigenvalue weighted by atomic mass is 16.6. The highest BCUT2D eigenvalue weighted by Gasteiger charge is 2.12. The predicted octanol–water partition coefficient (Wildman–Crippen LogP) is -0.984. The minimum Gasteiger partial charge on any atom is -0.394 e. The summed E-state index contributed by atoms with van der Waals surface area (Å²) in [6, 6.07) is 0. The van der Waals surface area contributed by atoms with Crippen LogP contribution in [0.15, 0.2) is 0 Å². The molecule has 0 spiro atoms. The first-order valence-corrected chi connectivity index (χ1v) is 4.80. The van der Waals surface area contributed by atoms with Crippen LogP contribution in [-0.4, -0.2) is 66.5 Å². The molecule has 14 heavy (non-hydrogen) atoms. The van der Waals surface area contributed by atoms with Crippen LogP contribution < -0.4 is 0 Å². The van der Waals surface area contributed by atoms with Gasteiger partial charge in [0.2, 0.25) is 0 Å². The Bertz CT molecular complexity index is 128. The van der Waals surface area contributed by atoms with E-state index in [-0.39, 0.29) is 13.2 Å². The molecule has 0 aromatic heterocycles. The van der Waals surface area contributed by atoms with Crippen LogP contribution in [-0.2, 0) is 4.74 Å². The number of hydrogen-bond donors (Lipinski definition) is 3. The van der Waals surface area contributed by atoms with Crippen molar-refractivity contribution in [1.82, 2.24) is 4.90 Å². The molecular formula is C9H21NO4. The Labute approximate surface area is 84.9 Å². The van der Waals surface area contributed by atoms with Crippen molar-refractivity contribution < 1.29 is 20.1 Å². The standard InChI is InChI=1S/C9H21NO4/c1-10(2)5-3-4-9(13)14-8(6-11)7-12/h8-9,11-13H,3-7H2,1-2H3. The summed E-state index contributed by atoms with van der Waals surface area (Å²) >= 11 is 0. The van der Waals surface area contributed by atoms with E-state index < -0.39 is 12.4 Å². The maximum atomic E-state index is 9.33. The third-order valence-corrected chi connectivity index (χ3v) is 1.81. The van der Waals surface area contributed by atoms with Crippen LogP contribution in [0.2, 0.25) is 0 Å². The number of rotatable bonds is 8. The molecule has 0 aliphatic carbocycles. The van der Waals surface area contributed by atoms with Gasteiger partial charge in [-0.25, -0.2) is 0 Å². The molecule has 5 nitrogen and oxygen atoms in total. The Hall–Kier alpha value is -0.200. The van der Waals surface area contributed by atoms with Crippen molar-refractivity contribution >= 4 is 0 Å². The van der Waals surface area contributed by atoms with Gasteiger partial charge in [0.05, 0.1) is 13.2 Å². The quantitative estimate of drug-likeness (QED) is 0.446. The molecule has 0 aliphatic heterocycles. The third-order valence-electron chi connectivity index (χ3n) is 1.81. The zero-order valence-corrected chi connectivity index (χ0v) is 8.89. The normalized spacial score (nSPS) is 13.9. The van der Waals surface area contributed by atoms with Gasteiger partial charge < -0.3 is 25.0 Å². The van der Waals surface area contributed by atoms with E-state index >= 15 is 0 Å². The van der Waals surface area contributed by atoms with Gasteiger partial charge in [-0.05, 0) is 33.5 Å². The topological polar surface area (TPSA) is 73.2 Å². The second kappa shape index (κ2) is 8.14. The summed E-state index contributed by atoms with van der Waals surface area (Å²) in [6.07, 6.45) is -0.254. The smallest absolute Gasteiger partial charge is 0.155 e. The van der Waals surface area contributed by atoms with Crippen molar-refractivity contribution in [2.45, 2.75) is 25.2 Å². The van der Waals surface area contributed by atoms with Gasteiger partial charge >= 0.3 is 0 Å². The van der Waals surface area contributed by atoms with E-state index in [1.54, 1.807) is 0 Å². The summed E-state index contributed by atoms with van der Waals surface area (Å²) in [4.78, 5) is 2.02. The highest BCUT2D eigenvalue weighted by molar-refractivity contribution is 4.55. The predicted molar refractivity (Wildman–Crippen MR) is 52.8 cm³/mol. The number of hydrogen-bond acceptors (Lipinski definition) is 5. The minimum absolute atomic E-state index is 0.277. The number of aliphatic hydroxyl groups excluding tert-OH is 3. The Morgan fingerprint density at radius 3 is 2.21 bits per heavy atom. The average molecular weight is 207 g/mol. The molecule has 0 heterocycles. The average Bonchev–Trinajstić information content (AvgIpc) is 2.13.